The second kappa shape index (κ2) is 10.9. The molecule has 1 fully saturated rings. The summed E-state index contributed by atoms with van der Waals surface area (Å²) in [5.41, 5.74) is 5.93. The van der Waals surface area contributed by atoms with Crippen molar-refractivity contribution >= 4 is 29.4 Å². The number of carbonyl (C=O) groups excluding carboxylic acids is 2. The molecule has 3 aromatic rings. The van der Waals surface area contributed by atoms with Crippen molar-refractivity contribution in [2.45, 2.75) is 32.6 Å². The quantitative estimate of drug-likeness (QED) is 0.513. The molecule has 2 aliphatic heterocycles. The van der Waals surface area contributed by atoms with Crippen molar-refractivity contribution in [2.24, 2.45) is 0 Å². The molecule has 2 N–H and O–H groups in total. The van der Waals surface area contributed by atoms with Crippen LogP contribution in [0.15, 0.2) is 49.2 Å². The van der Waals surface area contributed by atoms with Crippen LogP contribution >= 0.6 is 0 Å². The van der Waals surface area contributed by atoms with Gasteiger partial charge in [-0.2, -0.15) is 0 Å². The van der Waals surface area contributed by atoms with Crippen LogP contribution in [0, 0.1) is 6.92 Å². The van der Waals surface area contributed by atoms with E-state index in [1.54, 1.807) is 18.5 Å². The molecule has 2 amide bonds. The molecule has 2 aromatic heterocycles. The van der Waals surface area contributed by atoms with Gasteiger partial charge in [-0.25, -0.2) is 20.3 Å². The first kappa shape index (κ1) is 24.6. The van der Waals surface area contributed by atoms with Gasteiger partial charge in [-0.15, -0.1) is 0 Å². The number of nitrogens with zero attached hydrogens (tertiary/aromatic N) is 5. The van der Waals surface area contributed by atoms with E-state index in [-0.39, 0.29) is 11.8 Å². The number of nitrogens with one attached hydrogen (secondary N) is 2. The second-order valence-electron chi connectivity index (χ2n) is 9.33. The summed E-state index contributed by atoms with van der Waals surface area (Å²) in [6, 6.07) is 8.11. The van der Waals surface area contributed by atoms with E-state index in [1.807, 2.05) is 24.0 Å². The Bertz CT molecular complexity index is 1330. The van der Waals surface area contributed by atoms with Crippen LogP contribution in [0.25, 0.3) is 17.3 Å². The maximum Gasteiger partial charge on any atom is 0.281 e. The highest BCUT2D eigenvalue weighted by atomic mass is 16.2. The largest absolute Gasteiger partial charge is 0.342 e. The lowest BCUT2D eigenvalue weighted by Crippen LogP contribution is -2.42. The van der Waals surface area contributed by atoms with Crippen molar-refractivity contribution in [3.05, 3.63) is 71.4 Å². The summed E-state index contributed by atoms with van der Waals surface area (Å²) in [6.45, 7) is 6.87. The Kier molecular flexibility index (Phi) is 7.23. The van der Waals surface area contributed by atoms with Gasteiger partial charge in [-0.05, 0) is 73.2 Å². The van der Waals surface area contributed by atoms with Crippen LogP contribution in [0.2, 0.25) is 0 Å². The number of carbonyl (C=O) groups is 2. The molecule has 2 aliphatic rings. The molecular formula is C28H30N7O2. The Hall–Kier alpha value is -4.11. The summed E-state index contributed by atoms with van der Waals surface area (Å²) in [4.78, 5) is 39.9. The fourth-order valence-corrected chi connectivity index (χ4v) is 4.97. The van der Waals surface area contributed by atoms with Crippen LogP contribution in [0.5, 0.6) is 0 Å². The Morgan fingerprint density at radius 2 is 1.92 bits per heavy atom. The van der Waals surface area contributed by atoms with Crippen LogP contribution in [0.4, 0.5) is 11.5 Å². The smallest absolute Gasteiger partial charge is 0.281 e. The standard InChI is InChI=1S/C28H30N7O2/c1-3-29-16-25(36)35-10-7-19(8-11-35)23-5-4-22(12-18(23)2)33-27-26-20(6-9-32-28(26)37)13-24(34-27)21-14-30-17-31-15-21/h4-6,9,12-15,17,19,29H,3,7-8,10-11,16H2,1-2H3,(H,33,34). The number of fused-ring (bicyclic) bond motifs is 1. The number of amides is 2. The average Bonchev–Trinajstić information content (AvgIpc) is 2.92. The summed E-state index contributed by atoms with van der Waals surface area (Å²) < 4.78 is 0. The minimum atomic E-state index is -0.327. The molecule has 0 bridgehead atoms. The summed E-state index contributed by atoms with van der Waals surface area (Å²) in [6.07, 6.45) is 10.1. The zero-order valence-corrected chi connectivity index (χ0v) is 21.1. The number of aryl methyl sites for hydroxylation is 1. The van der Waals surface area contributed by atoms with Crippen LogP contribution in [-0.2, 0) is 4.79 Å². The lowest BCUT2D eigenvalue weighted by atomic mass is 9.86. The minimum absolute atomic E-state index is 0.174. The molecule has 9 nitrogen and oxygen atoms in total. The number of piperidine rings is 1. The topological polar surface area (TPSA) is 114 Å². The first-order valence-corrected chi connectivity index (χ1v) is 12.6. The van der Waals surface area contributed by atoms with E-state index in [0.29, 0.717) is 29.5 Å². The zero-order valence-electron chi connectivity index (χ0n) is 21.1. The number of benzene rings is 1. The van der Waals surface area contributed by atoms with Gasteiger partial charge in [-0.1, -0.05) is 13.0 Å². The number of likely N-dealkylation sites (N-methyl/N-ethyl adjacent to an activating group) is 1. The highest BCUT2D eigenvalue weighted by Gasteiger charge is 2.25. The van der Waals surface area contributed by atoms with E-state index in [4.69, 9.17) is 4.98 Å². The van der Waals surface area contributed by atoms with Gasteiger partial charge in [0.25, 0.3) is 5.91 Å². The highest BCUT2D eigenvalue weighted by molar-refractivity contribution is 6.05. The van der Waals surface area contributed by atoms with E-state index in [2.05, 4.69) is 45.0 Å². The number of likely N-dealkylation sites (tertiary alicyclic amines) is 1. The number of hydrogen-bond acceptors (Lipinski definition) is 7. The Morgan fingerprint density at radius 3 is 2.65 bits per heavy atom. The Morgan fingerprint density at radius 1 is 1.14 bits per heavy atom. The van der Waals surface area contributed by atoms with Crippen molar-refractivity contribution in [3.63, 3.8) is 0 Å². The van der Waals surface area contributed by atoms with Gasteiger partial charge in [0.05, 0.1) is 17.8 Å². The van der Waals surface area contributed by atoms with Gasteiger partial charge >= 0.3 is 0 Å². The van der Waals surface area contributed by atoms with Gasteiger partial charge in [0, 0.05) is 42.9 Å². The maximum absolute atomic E-state index is 12.7. The molecule has 0 aliphatic carbocycles. The lowest BCUT2D eigenvalue weighted by molar-refractivity contribution is -0.131. The Labute approximate surface area is 216 Å². The fourth-order valence-electron chi connectivity index (χ4n) is 4.97. The van der Waals surface area contributed by atoms with E-state index >= 15 is 0 Å². The molecule has 37 heavy (non-hydrogen) atoms. The normalized spacial score (nSPS) is 15.3. The summed E-state index contributed by atoms with van der Waals surface area (Å²) in [7, 11) is 0. The van der Waals surface area contributed by atoms with E-state index in [0.717, 1.165) is 49.3 Å². The maximum atomic E-state index is 12.7. The SMILES string of the molecule is CCNCC(=O)N1CCC(c2ccc(Nc3nc(-c4cncnc4)cc4c3C(=O)[N]C=C4)cc2C)CC1. The predicted molar refractivity (Wildman–Crippen MR) is 142 cm³/mol. The third kappa shape index (κ3) is 5.36. The van der Waals surface area contributed by atoms with Crippen molar-refractivity contribution < 1.29 is 9.59 Å². The molecular weight excluding hydrogens is 466 g/mol. The van der Waals surface area contributed by atoms with E-state index < -0.39 is 0 Å². The molecule has 189 valence electrons. The molecule has 0 saturated carbocycles. The third-order valence-electron chi connectivity index (χ3n) is 6.91. The predicted octanol–water partition coefficient (Wildman–Crippen LogP) is 3.64. The monoisotopic (exact) mass is 496 g/mol. The summed E-state index contributed by atoms with van der Waals surface area (Å²) in [5.74, 6) is 0.712. The molecule has 1 radical (unpaired) electrons. The van der Waals surface area contributed by atoms with Crippen molar-refractivity contribution in [2.75, 3.05) is 31.5 Å². The number of aromatic nitrogens is 3. The lowest BCUT2D eigenvalue weighted by Gasteiger charge is -2.33. The van der Waals surface area contributed by atoms with Gasteiger partial charge in [0.1, 0.15) is 12.1 Å². The van der Waals surface area contributed by atoms with Gasteiger partial charge in [0.2, 0.25) is 5.91 Å². The second-order valence-corrected chi connectivity index (χ2v) is 9.33. The number of pyridine rings is 1. The summed E-state index contributed by atoms with van der Waals surface area (Å²) >= 11 is 0. The van der Waals surface area contributed by atoms with E-state index in [1.165, 1.54) is 23.7 Å². The molecule has 1 aromatic carbocycles. The molecule has 0 unspecified atom stereocenters. The molecule has 0 spiro atoms. The van der Waals surface area contributed by atoms with Gasteiger partial charge in [0.15, 0.2) is 0 Å². The number of anilines is 2. The molecule has 0 atom stereocenters. The van der Waals surface area contributed by atoms with Gasteiger partial charge < -0.3 is 15.5 Å². The van der Waals surface area contributed by atoms with Crippen molar-refractivity contribution in [3.8, 4) is 11.3 Å². The minimum Gasteiger partial charge on any atom is -0.342 e. The zero-order chi connectivity index (χ0) is 25.8. The van der Waals surface area contributed by atoms with Crippen molar-refractivity contribution in [1.82, 2.24) is 30.5 Å². The molecule has 9 heteroatoms. The van der Waals surface area contributed by atoms with Crippen LogP contribution < -0.4 is 16.0 Å². The first-order chi connectivity index (χ1) is 18.0. The third-order valence-corrected chi connectivity index (χ3v) is 6.91. The Balaban J connectivity index is 1.36. The molecule has 4 heterocycles. The van der Waals surface area contributed by atoms with E-state index in [9.17, 15) is 9.59 Å². The average molecular weight is 497 g/mol. The van der Waals surface area contributed by atoms with Gasteiger partial charge in [-0.3, -0.25) is 9.59 Å². The number of hydrogen-bond donors (Lipinski definition) is 2. The highest BCUT2D eigenvalue weighted by Crippen LogP contribution is 2.34. The van der Waals surface area contributed by atoms with Crippen molar-refractivity contribution in [1.29, 1.82) is 0 Å². The number of rotatable bonds is 7. The molecule has 5 rings (SSSR count). The van der Waals surface area contributed by atoms with Crippen LogP contribution in [-0.4, -0.2) is 57.8 Å². The fraction of sp³-hybridized carbons (Fsp3) is 0.321. The van der Waals surface area contributed by atoms with Crippen LogP contribution in [0.1, 0.15) is 52.7 Å². The first-order valence-electron chi connectivity index (χ1n) is 12.6. The molecule has 1 saturated heterocycles. The van der Waals surface area contributed by atoms with Crippen LogP contribution in [0.3, 0.4) is 0 Å². The summed E-state index contributed by atoms with van der Waals surface area (Å²) in [5, 5.41) is 10.4.